The summed E-state index contributed by atoms with van der Waals surface area (Å²) in [4.78, 5) is 4.44. The standard InChI is InChI=1S/C18H12N2O2/c21-20-15-10-18(22-17-8-4-3-7-14(15)17)16-9-12-5-1-2-6-13(12)11-19-16/h1-11,21H/b20-15-. The molecule has 0 aliphatic carbocycles. The molecular formula is C18H12N2O2. The zero-order chi connectivity index (χ0) is 14.9. The van der Waals surface area contributed by atoms with Gasteiger partial charge in [-0.3, -0.25) is 4.98 Å². The summed E-state index contributed by atoms with van der Waals surface area (Å²) < 4.78 is 5.91. The van der Waals surface area contributed by atoms with Gasteiger partial charge in [0.05, 0.1) is 0 Å². The van der Waals surface area contributed by atoms with E-state index in [1.807, 2.05) is 60.8 Å². The molecule has 0 aliphatic heterocycles. The van der Waals surface area contributed by atoms with Crippen molar-refractivity contribution in [2.24, 2.45) is 5.16 Å². The van der Waals surface area contributed by atoms with Crippen molar-refractivity contribution in [2.45, 2.75) is 0 Å². The predicted octanol–water partition coefficient (Wildman–Crippen LogP) is 3.94. The van der Waals surface area contributed by atoms with Crippen LogP contribution in [0.2, 0.25) is 0 Å². The van der Waals surface area contributed by atoms with Gasteiger partial charge in [-0.05, 0) is 23.6 Å². The van der Waals surface area contributed by atoms with Crippen LogP contribution in [0.15, 0.2) is 76.4 Å². The lowest BCUT2D eigenvalue weighted by atomic mass is 10.1. The molecule has 0 amide bonds. The molecule has 0 bridgehead atoms. The average Bonchev–Trinajstić information content (AvgIpc) is 2.60. The molecule has 0 saturated carbocycles. The number of pyridine rings is 1. The number of hydrogen-bond donors (Lipinski definition) is 1. The lowest BCUT2D eigenvalue weighted by molar-refractivity contribution is 0.302. The molecular weight excluding hydrogens is 276 g/mol. The normalized spacial score (nSPS) is 12.1. The van der Waals surface area contributed by atoms with Gasteiger partial charge in [-0.1, -0.05) is 41.6 Å². The summed E-state index contributed by atoms with van der Waals surface area (Å²) >= 11 is 0. The van der Waals surface area contributed by atoms with Crippen LogP contribution in [0, 0.1) is 0 Å². The van der Waals surface area contributed by atoms with Gasteiger partial charge in [0, 0.05) is 23.0 Å². The SMILES string of the molecule is O/N=c1/cc(-c2cc3ccccc3cn2)oc2ccccc12. The second kappa shape index (κ2) is 5.00. The van der Waals surface area contributed by atoms with Gasteiger partial charge in [0.2, 0.25) is 0 Å². The first-order chi connectivity index (χ1) is 10.8. The molecule has 0 aliphatic rings. The molecule has 1 N–H and O–H groups in total. The molecule has 2 heterocycles. The summed E-state index contributed by atoms with van der Waals surface area (Å²) in [5, 5.41) is 16.0. The van der Waals surface area contributed by atoms with Crippen LogP contribution < -0.4 is 5.36 Å². The zero-order valence-corrected chi connectivity index (χ0v) is 11.6. The number of para-hydroxylation sites is 1. The highest BCUT2D eigenvalue weighted by Gasteiger charge is 2.07. The van der Waals surface area contributed by atoms with E-state index in [1.54, 1.807) is 6.07 Å². The monoisotopic (exact) mass is 288 g/mol. The first kappa shape index (κ1) is 12.6. The molecule has 2 aromatic heterocycles. The van der Waals surface area contributed by atoms with Crippen molar-refractivity contribution in [3.8, 4) is 11.5 Å². The second-order valence-electron chi connectivity index (χ2n) is 5.01. The van der Waals surface area contributed by atoms with Crippen molar-refractivity contribution in [3.05, 3.63) is 72.2 Å². The van der Waals surface area contributed by atoms with Gasteiger partial charge in [0.1, 0.15) is 16.6 Å². The van der Waals surface area contributed by atoms with Crippen molar-refractivity contribution in [1.82, 2.24) is 4.98 Å². The maximum Gasteiger partial charge on any atom is 0.155 e. The van der Waals surface area contributed by atoms with Gasteiger partial charge < -0.3 is 9.62 Å². The van der Waals surface area contributed by atoms with E-state index in [4.69, 9.17) is 4.42 Å². The summed E-state index contributed by atoms with van der Waals surface area (Å²) in [5.41, 5.74) is 1.36. The fourth-order valence-electron chi connectivity index (χ4n) is 2.54. The van der Waals surface area contributed by atoms with Crippen LogP contribution in [-0.4, -0.2) is 10.2 Å². The predicted molar refractivity (Wildman–Crippen MR) is 84.3 cm³/mol. The highest BCUT2D eigenvalue weighted by atomic mass is 16.4. The summed E-state index contributed by atoms with van der Waals surface area (Å²) in [6, 6.07) is 19.1. The Morgan fingerprint density at radius 1 is 0.909 bits per heavy atom. The molecule has 22 heavy (non-hydrogen) atoms. The Morgan fingerprint density at radius 2 is 1.68 bits per heavy atom. The van der Waals surface area contributed by atoms with Crippen LogP contribution in [0.1, 0.15) is 0 Å². The van der Waals surface area contributed by atoms with Gasteiger partial charge in [0.25, 0.3) is 0 Å². The molecule has 106 valence electrons. The largest absolute Gasteiger partial charge is 0.454 e. The summed E-state index contributed by atoms with van der Waals surface area (Å²) in [7, 11) is 0. The number of rotatable bonds is 1. The molecule has 0 fully saturated rings. The molecule has 0 unspecified atom stereocenters. The number of nitrogens with zero attached hydrogens (tertiary/aromatic N) is 2. The molecule has 2 aromatic carbocycles. The maximum atomic E-state index is 9.24. The van der Waals surface area contributed by atoms with Crippen molar-refractivity contribution in [1.29, 1.82) is 0 Å². The minimum atomic E-state index is 0.465. The lowest BCUT2D eigenvalue weighted by Crippen LogP contribution is -2.03. The van der Waals surface area contributed by atoms with Crippen molar-refractivity contribution in [3.63, 3.8) is 0 Å². The van der Waals surface area contributed by atoms with Crippen LogP contribution in [0.4, 0.5) is 0 Å². The maximum absolute atomic E-state index is 9.24. The van der Waals surface area contributed by atoms with Crippen LogP contribution in [-0.2, 0) is 0 Å². The third-order valence-corrected chi connectivity index (χ3v) is 3.64. The van der Waals surface area contributed by atoms with Crippen LogP contribution in [0.5, 0.6) is 0 Å². The number of hydrogen-bond acceptors (Lipinski definition) is 4. The topological polar surface area (TPSA) is 58.6 Å². The quantitative estimate of drug-likeness (QED) is 0.426. The molecule has 0 saturated heterocycles. The van der Waals surface area contributed by atoms with E-state index < -0.39 is 0 Å². The average molecular weight is 288 g/mol. The Bertz CT molecular complexity index is 1050. The number of aromatic nitrogens is 1. The van der Waals surface area contributed by atoms with E-state index in [9.17, 15) is 5.21 Å². The second-order valence-corrected chi connectivity index (χ2v) is 5.01. The van der Waals surface area contributed by atoms with E-state index in [-0.39, 0.29) is 0 Å². The molecule has 0 atom stereocenters. The zero-order valence-electron chi connectivity index (χ0n) is 11.6. The molecule has 4 aromatic rings. The van der Waals surface area contributed by atoms with Gasteiger partial charge in [-0.25, -0.2) is 0 Å². The van der Waals surface area contributed by atoms with Crippen molar-refractivity contribution >= 4 is 21.7 Å². The fourth-order valence-corrected chi connectivity index (χ4v) is 2.54. The summed E-state index contributed by atoms with van der Waals surface area (Å²) in [6.07, 6.45) is 1.81. The van der Waals surface area contributed by atoms with E-state index in [0.717, 1.165) is 16.2 Å². The van der Waals surface area contributed by atoms with Gasteiger partial charge in [-0.15, -0.1) is 0 Å². The highest BCUT2D eigenvalue weighted by Crippen LogP contribution is 2.23. The molecule has 4 heteroatoms. The van der Waals surface area contributed by atoms with Gasteiger partial charge >= 0.3 is 0 Å². The molecule has 0 radical (unpaired) electrons. The van der Waals surface area contributed by atoms with Crippen LogP contribution in [0.3, 0.4) is 0 Å². The van der Waals surface area contributed by atoms with Crippen LogP contribution in [0.25, 0.3) is 33.2 Å². The van der Waals surface area contributed by atoms with Crippen LogP contribution >= 0.6 is 0 Å². The highest BCUT2D eigenvalue weighted by molar-refractivity contribution is 5.85. The Kier molecular flexibility index (Phi) is 2.86. The Labute approximate surface area is 126 Å². The third kappa shape index (κ3) is 2.02. The van der Waals surface area contributed by atoms with E-state index in [0.29, 0.717) is 22.4 Å². The Morgan fingerprint density at radius 3 is 2.55 bits per heavy atom. The van der Waals surface area contributed by atoms with Crippen molar-refractivity contribution < 1.29 is 9.62 Å². The van der Waals surface area contributed by atoms with Gasteiger partial charge in [0.15, 0.2) is 5.76 Å². The smallest absolute Gasteiger partial charge is 0.155 e. The minimum absolute atomic E-state index is 0.465. The number of benzene rings is 2. The first-order valence-electron chi connectivity index (χ1n) is 6.91. The number of fused-ring (bicyclic) bond motifs is 2. The molecule has 4 rings (SSSR count). The summed E-state index contributed by atoms with van der Waals surface area (Å²) in [6.45, 7) is 0. The Hall–Kier alpha value is -3.14. The molecule has 4 nitrogen and oxygen atoms in total. The molecule has 0 spiro atoms. The summed E-state index contributed by atoms with van der Waals surface area (Å²) in [5.74, 6) is 0.567. The fraction of sp³-hybridized carbons (Fsp3) is 0. The van der Waals surface area contributed by atoms with E-state index in [2.05, 4.69) is 10.1 Å². The van der Waals surface area contributed by atoms with E-state index >= 15 is 0 Å². The minimum Gasteiger partial charge on any atom is -0.454 e. The Balaban J connectivity index is 1.99. The van der Waals surface area contributed by atoms with E-state index in [1.165, 1.54) is 0 Å². The van der Waals surface area contributed by atoms with Crippen molar-refractivity contribution in [2.75, 3.05) is 0 Å². The first-order valence-corrected chi connectivity index (χ1v) is 6.91. The van der Waals surface area contributed by atoms with Gasteiger partial charge in [-0.2, -0.15) is 0 Å². The lowest BCUT2D eigenvalue weighted by Gasteiger charge is -2.05. The third-order valence-electron chi connectivity index (χ3n) is 3.64.